The molecule has 1 N–H and O–H groups in total. The van der Waals surface area contributed by atoms with Gasteiger partial charge in [-0.05, 0) is 38.5 Å². The first-order valence-corrected chi connectivity index (χ1v) is 6.46. The van der Waals surface area contributed by atoms with Crippen molar-refractivity contribution in [2.45, 2.75) is 33.4 Å². The minimum Gasteiger partial charge on any atom is -0.378 e. The third-order valence-electron chi connectivity index (χ3n) is 2.89. The zero-order valence-electron chi connectivity index (χ0n) is 10.9. The first-order valence-electron chi connectivity index (χ1n) is 6.08. The second kappa shape index (κ2) is 5.44. The van der Waals surface area contributed by atoms with Gasteiger partial charge in [0.25, 0.3) is 0 Å². The summed E-state index contributed by atoms with van der Waals surface area (Å²) in [5.74, 6) is 0. The summed E-state index contributed by atoms with van der Waals surface area (Å²) in [6.45, 7) is 7.04. The van der Waals surface area contributed by atoms with Crippen LogP contribution in [-0.2, 0) is 6.54 Å². The Morgan fingerprint density at radius 2 is 2.17 bits per heavy atom. The second-order valence-corrected chi connectivity index (χ2v) is 5.13. The van der Waals surface area contributed by atoms with Gasteiger partial charge in [-0.2, -0.15) is 0 Å². The predicted octanol–water partition coefficient (Wildman–Crippen LogP) is 4.04. The number of nitrogens with zero attached hydrogens (tertiary/aromatic N) is 2. The Morgan fingerprint density at radius 1 is 1.39 bits per heavy atom. The molecule has 1 heterocycles. The molecule has 96 valence electrons. The van der Waals surface area contributed by atoms with Crippen molar-refractivity contribution >= 4 is 17.3 Å². The molecular formula is C14H18ClN3. The predicted molar refractivity (Wildman–Crippen MR) is 76.1 cm³/mol. The molecule has 0 aliphatic heterocycles. The van der Waals surface area contributed by atoms with Crippen LogP contribution >= 0.6 is 11.6 Å². The van der Waals surface area contributed by atoms with Gasteiger partial charge in [-0.3, -0.25) is 0 Å². The van der Waals surface area contributed by atoms with Crippen LogP contribution in [0.5, 0.6) is 0 Å². The van der Waals surface area contributed by atoms with E-state index >= 15 is 0 Å². The Kier molecular flexibility index (Phi) is 3.92. The SMILES string of the molecule is Cc1ccc(NCc2cncn2C(C)C)c(Cl)c1. The van der Waals surface area contributed by atoms with Crippen LogP contribution in [0.3, 0.4) is 0 Å². The van der Waals surface area contributed by atoms with Crippen molar-refractivity contribution in [2.75, 3.05) is 5.32 Å². The molecule has 0 radical (unpaired) electrons. The molecule has 18 heavy (non-hydrogen) atoms. The monoisotopic (exact) mass is 263 g/mol. The quantitative estimate of drug-likeness (QED) is 0.902. The van der Waals surface area contributed by atoms with Crippen LogP contribution in [0.1, 0.15) is 31.1 Å². The lowest BCUT2D eigenvalue weighted by Crippen LogP contribution is -2.09. The Bertz CT molecular complexity index is 532. The Balaban J connectivity index is 2.09. The van der Waals surface area contributed by atoms with Crippen molar-refractivity contribution in [3.63, 3.8) is 0 Å². The number of aryl methyl sites for hydroxylation is 1. The summed E-state index contributed by atoms with van der Waals surface area (Å²) in [5.41, 5.74) is 3.28. The minimum atomic E-state index is 0.415. The molecule has 0 aliphatic rings. The van der Waals surface area contributed by atoms with E-state index in [4.69, 9.17) is 11.6 Å². The van der Waals surface area contributed by atoms with E-state index in [-0.39, 0.29) is 0 Å². The van der Waals surface area contributed by atoms with Gasteiger partial charge in [-0.15, -0.1) is 0 Å². The summed E-state index contributed by atoms with van der Waals surface area (Å²) < 4.78 is 2.15. The maximum atomic E-state index is 6.19. The largest absolute Gasteiger partial charge is 0.378 e. The van der Waals surface area contributed by atoms with Crippen LogP contribution in [0.2, 0.25) is 5.02 Å². The summed E-state index contributed by atoms with van der Waals surface area (Å²) in [6.07, 6.45) is 3.74. The Labute approximate surface area is 113 Å². The summed E-state index contributed by atoms with van der Waals surface area (Å²) in [5, 5.41) is 4.10. The van der Waals surface area contributed by atoms with E-state index in [9.17, 15) is 0 Å². The third-order valence-corrected chi connectivity index (χ3v) is 3.20. The first kappa shape index (κ1) is 13.0. The molecule has 0 unspecified atom stereocenters. The lowest BCUT2D eigenvalue weighted by atomic mass is 10.2. The molecule has 0 aliphatic carbocycles. The zero-order chi connectivity index (χ0) is 13.1. The number of hydrogen-bond donors (Lipinski definition) is 1. The maximum Gasteiger partial charge on any atom is 0.0951 e. The normalized spacial score (nSPS) is 10.9. The van der Waals surface area contributed by atoms with Gasteiger partial charge < -0.3 is 9.88 Å². The summed E-state index contributed by atoms with van der Waals surface area (Å²) >= 11 is 6.19. The summed E-state index contributed by atoms with van der Waals surface area (Å²) in [7, 11) is 0. The van der Waals surface area contributed by atoms with Crippen molar-refractivity contribution in [3.05, 3.63) is 47.0 Å². The number of aromatic nitrogens is 2. The van der Waals surface area contributed by atoms with E-state index in [0.717, 1.165) is 28.5 Å². The van der Waals surface area contributed by atoms with Crippen molar-refractivity contribution < 1.29 is 0 Å². The van der Waals surface area contributed by atoms with Crippen LogP contribution in [0.25, 0.3) is 0 Å². The van der Waals surface area contributed by atoms with Crippen molar-refractivity contribution in [2.24, 2.45) is 0 Å². The molecule has 0 fully saturated rings. The molecule has 2 rings (SSSR count). The van der Waals surface area contributed by atoms with Gasteiger partial charge in [0.05, 0.1) is 29.3 Å². The third kappa shape index (κ3) is 2.85. The molecule has 1 aromatic heterocycles. The van der Waals surface area contributed by atoms with E-state index in [0.29, 0.717) is 6.04 Å². The highest BCUT2D eigenvalue weighted by atomic mass is 35.5. The molecule has 3 nitrogen and oxygen atoms in total. The fourth-order valence-electron chi connectivity index (χ4n) is 1.88. The Morgan fingerprint density at radius 3 is 2.83 bits per heavy atom. The van der Waals surface area contributed by atoms with Crippen LogP contribution in [0, 0.1) is 6.92 Å². The molecule has 4 heteroatoms. The number of imidazole rings is 1. The van der Waals surface area contributed by atoms with E-state index < -0.39 is 0 Å². The van der Waals surface area contributed by atoms with Gasteiger partial charge in [0.15, 0.2) is 0 Å². The number of halogens is 1. The highest BCUT2D eigenvalue weighted by Crippen LogP contribution is 2.23. The van der Waals surface area contributed by atoms with Gasteiger partial charge in [0, 0.05) is 12.2 Å². The van der Waals surface area contributed by atoms with Crippen LogP contribution in [0.15, 0.2) is 30.7 Å². The Hall–Kier alpha value is -1.48. The minimum absolute atomic E-state index is 0.415. The standard InChI is InChI=1S/C14H18ClN3/c1-10(2)18-9-16-7-12(18)8-17-14-5-4-11(3)6-13(14)15/h4-7,9-10,17H,8H2,1-3H3. The average molecular weight is 264 g/mol. The van der Waals surface area contributed by atoms with Gasteiger partial charge in [-0.1, -0.05) is 17.7 Å². The number of benzene rings is 1. The fraction of sp³-hybridized carbons (Fsp3) is 0.357. The van der Waals surface area contributed by atoms with E-state index in [1.807, 2.05) is 37.6 Å². The van der Waals surface area contributed by atoms with Crippen molar-refractivity contribution in [1.29, 1.82) is 0 Å². The fourth-order valence-corrected chi connectivity index (χ4v) is 2.19. The second-order valence-electron chi connectivity index (χ2n) is 4.72. The van der Waals surface area contributed by atoms with Crippen molar-refractivity contribution in [3.8, 4) is 0 Å². The van der Waals surface area contributed by atoms with Crippen LogP contribution in [-0.4, -0.2) is 9.55 Å². The molecule has 0 amide bonds. The lowest BCUT2D eigenvalue weighted by molar-refractivity contribution is 0.577. The zero-order valence-corrected chi connectivity index (χ0v) is 11.7. The van der Waals surface area contributed by atoms with Crippen LogP contribution in [0.4, 0.5) is 5.69 Å². The number of rotatable bonds is 4. The highest BCUT2D eigenvalue weighted by Gasteiger charge is 2.06. The van der Waals surface area contributed by atoms with Gasteiger partial charge in [0.2, 0.25) is 0 Å². The molecular weight excluding hydrogens is 246 g/mol. The lowest BCUT2D eigenvalue weighted by Gasteiger charge is -2.13. The van der Waals surface area contributed by atoms with Gasteiger partial charge >= 0.3 is 0 Å². The van der Waals surface area contributed by atoms with Gasteiger partial charge in [0.1, 0.15) is 0 Å². The number of nitrogens with one attached hydrogen (secondary N) is 1. The molecule has 2 aromatic rings. The molecule has 0 spiro atoms. The van der Waals surface area contributed by atoms with E-state index in [2.05, 4.69) is 28.7 Å². The number of hydrogen-bond acceptors (Lipinski definition) is 2. The topological polar surface area (TPSA) is 29.9 Å². The summed E-state index contributed by atoms with van der Waals surface area (Å²) in [4.78, 5) is 4.18. The highest BCUT2D eigenvalue weighted by molar-refractivity contribution is 6.33. The maximum absolute atomic E-state index is 6.19. The first-order chi connectivity index (χ1) is 8.58. The smallest absolute Gasteiger partial charge is 0.0951 e. The number of anilines is 1. The molecule has 0 saturated carbocycles. The average Bonchev–Trinajstić information content (AvgIpc) is 2.76. The van der Waals surface area contributed by atoms with Crippen LogP contribution < -0.4 is 5.32 Å². The van der Waals surface area contributed by atoms with E-state index in [1.54, 1.807) is 0 Å². The van der Waals surface area contributed by atoms with Gasteiger partial charge in [-0.25, -0.2) is 4.98 Å². The molecule has 1 aromatic carbocycles. The molecule has 0 saturated heterocycles. The molecule has 0 atom stereocenters. The summed E-state index contributed by atoms with van der Waals surface area (Å²) in [6, 6.07) is 6.43. The molecule has 0 bridgehead atoms. The van der Waals surface area contributed by atoms with Crippen molar-refractivity contribution in [1.82, 2.24) is 9.55 Å². The van der Waals surface area contributed by atoms with E-state index in [1.165, 1.54) is 0 Å².